The van der Waals surface area contributed by atoms with E-state index in [-0.39, 0.29) is 18.5 Å². The van der Waals surface area contributed by atoms with E-state index >= 15 is 0 Å². The van der Waals surface area contributed by atoms with Crippen molar-refractivity contribution in [2.75, 3.05) is 13.2 Å². The Morgan fingerprint density at radius 2 is 0.687 bits per heavy atom. The van der Waals surface area contributed by atoms with Gasteiger partial charge in [0.25, 0.3) is 0 Å². The fourth-order valence-corrected chi connectivity index (χ4v) is 9.64. The maximum Gasteiger partial charge on any atom is 0.305 e. The molecule has 2 atom stereocenters. The SMILES string of the molecule is CCCCCCCCCCCCCCC/C=C/C(O)C(CO)NC(=O)CCCCCCCCCCCCCCCCCCCCCCCCCCOC(=O)CCCCCCCCCCCCC. The number of aliphatic hydroxyl groups excluding tert-OH is 2. The third-order valence-electron chi connectivity index (χ3n) is 14.3. The highest BCUT2D eigenvalue weighted by atomic mass is 16.5. The molecular weight excluding hydrogens is 827 g/mol. The zero-order valence-corrected chi connectivity index (χ0v) is 45.4. The number of nitrogens with one attached hydrogen (secondary N) is 1. The van der Waals surface area contributed by atoms with Crippen LogP contribution in [0.15, 0.2) is 12.2 Å². The van der Waals surface area contributed by atoms with E-state index in [4.69, 9.17) is 4.74 Å². The average Bonchev–Trinajstić information content (AvgIpc) is 3.33. The van der Waals surface area contributed by atoms with E-state index in [1.165, 1.54) is 276 Å². The van der Waals surface area contributed by atoms with Crippen LogP contribution in [0.2, 0.25) is 0 Å². The zero-order chi connectivity index (χ0) is 48.6. The monoisotopic (exact) mass is 946 g/mol. The summed E-state index contributed by atoms with van der Waals surface area (Å²) in [5.41, 5.74) is 0. The Morgan fingerprint density at radius 3 is 1.01 bits per heavy atom. The van der Waals surface area contributed by atoms with Gasteiger partial charge in [-0.2, -0.15) is 0 Å². The van der Waals surface area contributed by atoms with Crippen LogP contribution in [0.5, 0.6) is 0 Å². The normalized spacial score (nSPS) is 12.6. The van der Waals surface area contributed by atoms with Gasteiger partial charge >= 0.3 is 5.97 Å². The third-order valence-corrected chi connectivity index (χ3v) is 14.3. The maximum absolute atomic E-state index is 12.5. The highest BCUT2D eigenvalue weighted by Crippen LogP contribution is 2.18. The number of rotatable bonds is 57. The van der Waals surface area contributed by atoms with Gasteiger partial charge in [-0.05, 0) is 32.1 Å². The summed E-state index contributed by atoms with van der Waals surface area (Å²) < 4.78 is 5.47. The summed E-state index contributed by atoms with van der Waals surface area (Å²) in [6.45, 7) is 4.92. The molecule has 3 N–H and O–H groups in total. The number of aliphatic hydroxyl groups is 2. The van der Waals surface area contributed by atoms with Gasteiger partial charge in [-0.1, -0.05) is 309 Å². The number of hydrogen-bond acceptors (Lipinski definition) is 5. The molecule has 2 unspecified atom stereocenters. The molecule has 67 heavy (non-hydrogen) atoms. The second-order valence-corrected chi connectivity index (χ2v) is 21.0. The summed E-state index contributed by atoms with van der Waals surface area (Å²) in [6, 6.07) is -0.625. The molecule has 0 radical (unpaired) electrons. The van der Waals surface area contributed by atoms with E-state index in [0.717, 1.165) is 38.5 Å². The number of carbonyl (C=O) groups is 2. The number of carbonyl (C=O) groups excluding carboxylic acids is 2. The fourth-order valence-electron chi connectivity index (χ4n) is 9.64. The van der Waals surface area contributed by atoms with Crippen molar-refractivity contribution in [3.05, 3.63) is 12.2 Å². The number of allylic oxidation sites excluding steroid dienone is 1. The molecule has 0 aliphatic rings. The molecule has 0 saturated heterocycles. The lowest BCUT2D eigenvalue weighted by Crippen LogP contribution is -2.45. The predicted octanol–water partition coefficient (Wildman–Crippen LogP) is 18.9. The molecule has 1 amide bonds. The first-order valence-corrected chi connectivity index (χ1v) is 30.5. The largest absolute Gasteiger partial charge is 0.466 e. The van der Waals surface area contributed by atoms with E-state index in [1.807, 2.05) is 6.08 Å². The Labute approximate surface area is 419 Å². The molecule has 0 aromatic carbocycles. The highest BCUT2D eigenvalue weighted by molar-refractivity contribution is 5.76. The van der Waals surface area contributed by atoms with Crippen molar-refractivity contribution in [2.24, 2.45) is 0 Å². The van der Waals surface area contributed by atoms with Crippen molar-refractivity contribution >= 4 is 11.9 Å². The van der Waals surface area contributed by atoms with Gasteiger partial charge in [0, 0.05) is 12.8 Å². The van der Waals surface area contributed by atoms with Gasteiger partial charge in [-0.3, -0.25) is 9.59 Å². The van der Waals surface area contributed by atoms with Gasteiger partial charge in [0.15, 0.2) is 0 Å². The van der Waals surface area contributed by atoms with Gasteiger partial charge in [0.1, 0.15) is 0 Å². The molecule has 6 heteroatoms. The summed E-state index contributed by atoms with van der Waals surface area (Å²) in [5.74, 6) is -0.0495. The molecule has 0 aromatic rings. The first-order valence-electron chi connectivity index (χ1n) is 30.5. The number of amides is 1. The smallest absolute Gasteiger partial charge is 0.305 e. The van der Waals surface area contributed by atoms with Crippen LogP contribution in [-0.2, 0) is 14.3 Å². The number of esters is 1. The van der Waals surface area contributed by atoms with Crippen LogP contribution in [-0.4, -0.2) is 47.4 Å². The topological polar surface area (TPSA) is 95.9 Å². The highest BCUT2D eigenvalue weighted by Gasteiger charge is 2.18. The van der Waals surface area contributed by atoms with Gasteiger partial charge in [0.2, 0.25) is 5.91 Å². The lowest BCUT2D eigenvalue weighted by molar-refractivity contribution is -0.143. The van der Waals surface area contributed by atoms with Crippen LogP contribution in [0, 0.1) is 0 Å². The molecule has 398 valence electrons. The molecule has 0 bridgehead atoms. The van der Waals surface area contributed by atoms with Crippen LogP contribution in [0.3, 0.4) is 0 Å². The summed E-state index contributed by atoms with van der Waals surface area (Å²) in [7, 11) is 0. The lowest BCUT2D eigenvalue weighted by atomic mass is 10.0. The standard InChI is InChI=1S/C61H119NO5/c1-3-5-7-9-11-13-15-16-27-30-34-37-41-45-49-53-59(64)58(57-63)62-60(65)54-50-46-42-38-35-31-28-25-23-21-19-17-18-20-22-24-26-29-32-36-40-44-48-52-56-67-61(66)55-51-47-43-39-33-14-12-10-8-6-4-2/h49,53,58-59,63-64H,3-48,50-52,54-57H2,1-2H3,(H,62,65)/b53-49+. The molecule has 0 aliphatic heterocycles. The van der Waals surface area contributed by atoms with Crippen molar-refractivity contribution in [3.8, 4) is 0 Å². The minimum absolute atomic E-state index is 0.0151. The Balaban J connectivity index is 3.38. The predicted molar refractivity (Wildman–Crippen MR) is 292 cm³/mol. The van der Waals surface area contributed by atoms with E-state index in [2.05, 4.69) is 19.2 Å². The van der Waals surface area contributed by atoms with Crippen molar-refractivity contribution < 1.29 is 24.5 Å². The summed E-state index contributed by atoms with van der Waals surface area (Å²) in [6.07, 6.45) is 68.2. The molecule has 0 heterocycles. The molecule has 0 spiro atoms. The van der Waals surface area contributed by atoms with Crippen LogP contribution in [0.25, 0.3) is 0 Å². The molecule has 6 nitrogen and oxygen atoms in total. The van der Waals surface area contributed by atoms with Crippen molar-refractivity contribution in [3.63, 3.8) is 0 Å². The van der Waals surface area contributed by atoms with Crippen molar-refractivity contribution in [2.45, 2.75) is 353 Å². The van der Waals surface area contributed by atoms with E-state index in [1.54, 1.807) is 6.08 Å². The molecule has 0 aliphatic carbocycles. The van der Waals surface area contributed by atoms with Crippen molar-refractivity contribution in [1.29, 1.82) is 0 Å². The van der Waals surface area contributed by atoms with E-state index in [0.29, 0.717) is 19.4 Å². The third kappa shape index (κ3) is 53.8. The van der Waals surface area contributed by atoms with E-state index < -0.39 is 12.1 Å². The Hall–Kier alpha value is -1.40. The summed E-state index contributed by atoms with van der Waals surface area (Å²) in [5, 5.41) is 23.1. The van der Waals surface area contributed by atoms with Crippen LogP contribution < -0.4 is 5.32 Å². The Morgan fingerprint density at radius 1 is 0.403 bits per heavy atom. The average molecular weight is 947 g/mol. The molecule has 0 aromatic heterocycles. The van der Waals surface area contributed by atoms with Crippen LogP contribution in [0.1, 0.15) is 341 Å². The second-order valence-electron chi connectivity index (χ2n) is 21.0. The quantitative estimate of drug-likeness (QED) is 0.0321. The Bertz CT molecular complexity index is 1000. The van der Waals surface area contributed by atoms with E-state index in [9.17, 15) is 19.8 Å². The van der Waals surface area contributed by atoms with Crippen LogP contribution >= 0.6 is 0 Å². The lowest BCUT2D eigenvalue weighted by Gasteiger charge is -2.20. The molecule has 0 fully saturated rings. The summed E-state index contributed by atoms with van der Waals surface area (Å²) >= 11 is 0. The Kier molecular flexibility index (Phi) is 56.0. The molecule has 0 saturated carbocycles. The number of ether oxygens (including phenoxy) is 1. The number of unbranched alkanes of at least 4 members (excludes halogenated alkanes) is 46. The molecular formula is C61H119NO5. The number of hydrogen-bond donors (Lipinski definition) is 3. The first-order chi connectivity index (χ1) is 33.0. The molecule has 0 rings (SSSR count). The van der Waals surface area contributed by atoms with Gasteiger partial charge in [-0.15, -0.1) is 0 Å². The maximum atomic E-state index is 12.5. The minimum Gasteiger partial charge on any atom is -0.466 e. The zero-order valence-electron chi connectivity index (χ0n) is 45.4. The van der Waals surface area contributed by atoms with Crippen molar-refractivity contribution in [1.82, 2.24) is 5.32 Å². The second kappa shape index (κ2) is 57.2. The van der Waals surface area contributed by atoms with Crippen LogP contribution in [0.4, 0.5) is 0 Å². The minimum atomic E-state index is -0.842. The fraction of sp³-hybridized carbons (Fsp3) is 0.934. The summed E-state index contributed by atoms with van der Waals surface area (Å²) in [4.78, 5) is 24.5. The van der Waals surface area contributed by atoms with Gasteiger partial charge in [0.05, 0.1) is 25.4 Å². The van der Waals surface area contributed by atoms with Gasteiger partial charge in [-0.25, -0.2) is 0 Å². The van der Waals surface area contributed by atoms with Gasteiger partial charge < -0.3 is 20.3 Å². The first kappa shape index (κ1) is 65.6.